The highest BCUT2D eigenvalue weighted by Gasteiger charge is 2.32. The number of anilines is 2. The van der Waals surface area contributed by atoms with Gasteiger partial charge in [-0.3, -0.25) is 9.78 Å². The van der Waals surface area contributed by atoms with Crippen LogP contribution in [0.2, 0.25) is 0 Å². The molecule has 0 amide bonds. The number of carbonyl (C=O) groups excluding carboxylic acids is 1. The van der Waals surface area contributed by atoms with Crippen molar-refractivity contribution < 1.29 is 9.18 Å². The van der Waals surface area contributed by atoms with Crippen LogP contribution in [0, 0.1) is 12.7 Å². The number of carbonyl (C=O) groups is 1. The van der Waals surface area contributed by atoms with Crippen LogP contribution in [-0.4, -0.2) is 27.3 Å². The predicted molar refractivity (Wildman–Crippen MR) is 114 cm³/mol. The normalized spacial score (nSPS) is 13.8. The fourth-order valence-corrected chi connectivity index (χ4v) is 3.78. The number of nitrogens with zero attached hydrogens (tertiary/aromatic N) is 4. The van der Waals surface area contributed by atoms with Gasteiger partial charge in [0.1, 0.15) is 23.2 Å². The molecule has 4 rings (SSSR count). The van der Waals surface area contributed by atoms with Gasteiger partial charge in [-0.2, -0.15) is 0 Å². The number of hydrogen-bond donors (Lipinski definition) is 0. The standard InChI is InChI=1S/C24H25FN4O/c1-16-26-13-12-23(27-16)29-14-4-5-19-20(29)10-11-21(28-19)24(2,3)22(30)15-17-6-8-18(25)9-7-17/h6-13H,4-5,14-15H2,1-3H3. The number of rotatable bonds is 5. The van der Waals surface area contributed by atoms with E-state index in [9.17, 15) is 9.18 Å². The van der Waals surface area contributed by atoms with E-state index in [2.05, 4.69) is 14.9 Å². The summed E-state index contributed by atoms with van der Waals surface area (Å²) in [7, 11) is 0. The van der Waals surface area contributed by atoms with Gasteiger partial charge in [-0.15, -0.1) is 0 Å². The van der Waals surface area contributed by atoms with E-state index in [4.69, 9.17) is 4.98 Å². The SMILES string of the molecule is Cc1nccc(N2CCCc3nc(C(C)(C)C(=O)Cc4ccc(F)cc4)ccc32)n1. The van der Waals surface area contributed by atoms with E-state index < -0.39 is 5.41 Å². The Morgan fingerprint density at radius 3 is 2.60 bits per heavy atom. The molecule has 0 fully saturated rings. The van der Waals surface area contributed by atoms with Gasteiger partial charge < -0.3 is 4.90 Å². The molecule has 6 heteroatoms. The van der Waals surface area contributed by atoms with E-state index in [1.807, 2.05) is 39.0 Å². The molecule has 2 aromatic heterocycles. The first-order chi connectivity index (χ1) is 14.3. The highest BCUT2D eigenvalue weighted by Crippen LogP contribution is 2.34. The van der Waals surface area contributed by atoms with Crippen LogP contribution >= 0.6 is 0 Å². The molecule has 0 N–H and O–H groups in total. The summed E-state index contributed by atoms with van der Waals surface area (Å²) >= 11 is 0. The fraction of sp³-hybridized carbons (Fsp3) is 0.333. The van der Waals surface area contributed by atoms with Crippen molar-refractivity contribution in [3.05, 3.63) is 77.3 Å². The molecule has 0 saturated carbocycles. The van der Waals surface area contributed by atoms with Crippen LogP contribution in [0.25, 0.3) is 0 Å². The Bertz CT molecular complexity index is 1080. The maximum Gasteiger partial charge on any atom is 0.148 e. The summed E-state index contributed by atoms with van der Waals surface area (Å²) in [4.78, 5) is 28.8. The monoisotopic (exact) mass is 404 g/mol. The first-order valence-corrected chi connectivity index (χ1v) is 10.2. The molecule has 0 aliphatic carbocycles. The first kappa shape index (κ1) is 20.1. The zero-order chi connectivity index (χ0) is 21.3. The molecule has 0 atom stereocenters. The summed E-state index contributed by atoms with van der Waals surface area (Å²) < 4.78 is 13.2. The lowest BCUT2D eigenvalue weighted by atomic mass is 9.81. The van der Waals surface area contributed by atoms with E-state index in [1.54, 1.807) is 18.3 Å². The Labute approximate surface area is 176 Å². The van der Waals surface area contributed by atoms with Crippen LogP contribution in [0.5, 0.6) is 0 Å². The van der Waals surface area contributed by atoms with Crippen LogP contribution in [0.15, 0.2) is 48.7 Å². The highest BCUT2D eigenvalue weighted by atomic mass is 19.1. The van der Waals surface area contributed by atoms with Crippen LogP contribution < -0.4 is 4.90 Å². The van der Waals surface area contributed by atoms with E-state index in [0.29, 0.717) is 0 Å². The van der Waals surface area contributed by atoms with Crippen molar-refractivity contribution in [3.8, 4) is 0 Å². The summed E-state index contributed by atoms with van der Waals surface area (Å²) in [6.45, 7) is 6.56. The van der Waals surface area contributed by atoms with E-state index in [-0.39, 0.29) is 18.0 Å². The largest absolute Gasteiger partial charge is 0.325 e. The average Bonchev–Trinajstić information content (AvgIpc) is 2.74. The predicted octanol–water partition coefficient (Wildman–Crippen LogP) is 4.49. The Morgan fingerprint density at radius 2 is 1.87 bits per heavy atom. The van der Waals surface area contributed by atoms with Crippen LogP contribution in [0.4, 0.5) is 15.9 Å². The molecule has 0 unspecified atom stereocenters. The smallest absolute Gasteiger partial charge is 0.148 e. The Morgan fingerprint density at radius 1 is 1.10 bits per heavy atom. The Kier molecular flexibility index (Phi) is 5.33. The maximum atomic E-state index is 13.2. The number of Topliss-reactive ketones (excluding diaryl/α,β-unsaturated/α-hetero) is 1. The molecule has 0 radical (unpaired) electrons. The van der Waals surface area contributed by atoms with Crippen molar-refractivity contribution in [1.82, 2.24) is 15.0 Å². The van der Waals surface area contributed by atoms with Crippen LogP contribution in [0.3, 0.4) is 0 Å². The van der Waals surface area contributed by atoms with Crippen molar-refractivity contribution in [3.63, 3.8) is 0 Å². The summed E-state index contributed by atoms with van der Waals surface area (Å²) in [6, 6.07) is 12.0. The fourth-order valence-electron chi connectivity index (χ4n) is 3.78. The number of ketones is 1. The second-order valence-corrected chi connectivity index (χ2v) is 8.23. The average molecular weight is 404 g/mol. The zero-order valence-corrected chi connectivity index (χ0v) is 17.5. The van der Waals surface area contributed by atoms with Crippen molar-refractivity contribution in [2.45, 2.75) is 45.4 Å². The van der Waals surface area contributed by atoms with Gasteiger partial charge in [-0.05, 0) is 69.5 Å². The van der Waals surface area contributed by atoms with Crippen LogP contribution in [0.1, 0.15) is 43.0 Å². The quantitative estimate of drug-likeness (QED) is 0.627. The molecule has 0 spiro atoms. The molecule has 0 saturated heterocycles. The second kappa shape index (κ2) is 7.94. The summed E-state index contributed by atoms with van der Waals surface area (Å²) in [6.07, 6.45) is 3.85. The Hall–Kier alpha value is -3.15. The number of aromatic nitrogens is 3. The lowest BCUT2D eigenvalue weighted by molar-refractivity contribution is -0.122. The van der Waals surface area contributed by atoms with Gasteiger partial charge in [0.2, 0.25) is 0 Å². The molecule has 5 nitrogen and oxygen atoms in total. The lowest BCUT2D eigenvalue weighted by Crippen LogP contribution is -2.33. The minimum atomic E-state index is -0.739. The maximum absolute atomic E-state index is 13.2. The van der Waals surface area contributed by atoms with Crippen LogP contribution in [-0.2, 0) is 23.1 Å². The number of hydrogen-bond acceptors (Lipinski definition) is 5. The molecule has 3 heterocycles. The third kappa shape index (κ3) is 3.95. The highest BCUT2D eigenvalue weighted by molar-refractivity contribution is 5.90. The summed E-state index contributed by atoms with van der Waals surface area (Å²) in [5.41, 5.74) is 2.84. The molecular weight excluding hydrogens is 379 g/mol. The minimum absolute atomic E-state index is 0.0562. The third-order valence-corrected chi connectivity index (χ3v) is 5.69. The number of pyridine rings is 1. The van der Waals surface area contributed by atoms with Gasteiger partial charge in [-0.25, -0.2) is 14.4 Å². The van der Waals surface area contributed by atoms with E-state index >= 15 is 0 Å². The molecule has 30 heavy (non-hydrogen) atoms. The lowest BCUT2D eigenvalue weighted by Gasteiger charge is -2.31. The van der Waals surface area contributed by atoms with Crippen molar-refractivity contribution in [1.29, 1.82) is 0 Å². The topological polar surface area (TPSA) is 59.0 Å². The van der Waals surface area contributed by atoms with Gasteiger partial charge in [0.25, 0.3) is 0 Å². The first-order valence-electron chi connectivity index (χ1n) is 10.2. The third-order valence-electron chi connectivity index (χ3n) is 5.69. The molecule has 1 aliphatic heterocycles. The molecule has 0 bridgehead atoms. The van der Waals surface area contributed by atoms with Gasteiger partial charge in [0, 0.05) is 19.2 Å². The number of benzene rings is 1. The number of aryl methyl sites for hydroxylation is 2. The minimum Gasteiger partial charge on any atom is -0.325 e. The number of fused-ring (bicyclic) bond motifs is 1. The van der Waals surface area contributed by atoms with Crippen molar-refractivity contribution in [2.75, 3.05) is 11.4 Å². The van der Waals surface area contributed by atoms with Gasteiger partial charge in [0.15, 0.2) is 0 Å². The molecular formula is C24H25FN4O. The van der Waals surface area contributed by atoms with E-state index in [0.717, 1.165) is 53.7 Å². The van der Waals surface area contributed by atoms with Gasteiger partial charge in [-0.1, -0.05) is 12.1 Å². The van der Waals surface area contributed by atoms with Crippen molar-refractivity contribution >= 4 is 17.3 Å². The van der Waals surface area contributed by atoms with E-state index in [1.165, 1.54) is 12.1 Å². The Balaban J connectivity index is 1.61. The molecule has 1 aromatic carbocycles. The number of halogens is 1. The summed E-state index contributed by atoms with van der Waals surface area (Å²) in [5, 5.41) is 0. The van der Waals surface area contributed by atoms with Gasteiger partial charge >= 0.3 is 0 Å². The second-order valence-electron chi connectivity index (χ2n) is 8.23. The van der Waals surface area contributed by atoms with Crippen molar-refractivity contribution in [2.24, 2.45) is 0 Å². The molecule has 3 aromatic rings. The molecule has 1 aliphatic rings. The zero-order valence-electron chi connectivity index (χ0n) is 17.5. The molecule has 154 valence electrons. The summed E-state index contributed by atoms with van der Waals surface area (Å²) in [5.74, 6) is 1.35. The van der Waals surface area contributed by atoms with Gasteiger partial charge in [0.05, 0.1) is 22.5 Å².